The predicted molar refractivity (Wildman–Crippen MR) is 90.9 cm³/mol. The van der Waals surface area contributed by atoms with Crippen LogP contribution in [0.4, 0.5) is 5.69 Å². The number of aromatic nitrogens is 2. The molecule has 0 amide bonds. The Morgan fingerprint density at radius 2 is 1.32 bits per heavy atom. The number of ether oxygens (including phenoxy) is 1. The Labute approximate surface area is 133 Å². The third-order valence-corrected chi connectivity index (χ3v) is 4.01. The Morgan fingerprint density at radius 3 is 1.68 bits per heavy atom. The number of rotatable bonds is 4. The van der Waals surface area contributed by atoms with E-state index in [0.29, 0.717) is 12.1 Å². The third kappa shape index (κ3) is 2.96. The van der Waals surface area contributed by atoms with Crippen molar-refractivity contribution in [3.05, 3.63) is 41.3 Å². The minimum Gasteiger partial charge on any atom is -0.497 e. The van der Waals surface area contributed by atoms with Crippen LogP contribution in [0.5, 0.6) is 5.75 Å². The van der Waals surface area contributed by atoms with Crippen LogP contribution in [0.2, 0.25) is 0 Å². The first-order valence-corrected chi connectivity index (χ1v) is 7.85. The molecule has 2 aromatic rings. The summed E-state index contributed by atoms with van der Waals surface area (Å²) >= 11 is 0. The second-order valence-corrected chi connectivity index (χ2v) is 6.21. The zero-order valence-electron chi connectivity index (χ0n) is 14.7. The van der Waals surface area contributed by atoms with Crippen LogP contribution in [0.25, 0.3) is 0 Å². The summed E-state index contributed by atoms with van der Waals surface area (Å²) in [6.45, 7) is 13.1. The molecule has 0 aliphatic heterocycles. The van der Waals surface area contributed by atoms with Crippen LogP contribution >= 0.6 is 0 Å². The number of methoxy groups -OCH3 is 1. The summed E-state index contributed by atoms with van der Waals surface area (Å²) < 4.78 is 9.82. The van der Waals surface area contributed by atoms with E-state index < -0.39 is 0 Å². The van der Waals surface area contributed by atoms with Gasteiger partial charge in [-0.15, -0.1) is 0 Å². The molecule has 0 aliphatic carbocycles. The van der Waals surface area contributed by atoms with Gasteiger partial charge in [0.05, 0.1) is 12.8 Å². The molecular weight excluding hydrogens is 274 g/mol. The van der Waals surface area contributed by atoms with Gasteiger partial charge in [0, 0.05) is 23.5 Å². The molecular formula is C18H27N3O. The predicted octanol–water partition coefficient (Wildman–Crippen LogP) is 4.31. The zero-order valence-corrected chi connectivity index (χ0v) is 14.7. The van der Waals surface area contributed by atoms with E-state index in [1.165, 1.54) is 11.4 Å². The number of imidazole rings is 1. The maximum Gasteiger partial charge on any atom is 0.211 e. The second kappa shape index (κ2) is 6.42. The van der Waals surface area contributed by atoms with Crippen molar-refractivity contribution in [1.29, 1.82) is 0 Å². The molecule has 0 saturated heterocycles. The minimum atomic E-state index is 0.371. The van der Waals surface area contributed by atoms with Gasteiger partial charge in [-0.1, -0.05) is 0 Å². The molecule has 0 atom stereocenters. The molecule has 120 valence electrons. The first-order chi connectivity index (χ1) is 10.4. The zero-order chi connectivity index (χ0) is 16.4. The average Bonchev–Trinajstić information content (AvgIpc) is 2.71. The van der Waals surface area contributed by atoms with Crippen molar-refractivity contribution in [2.24, 2.45) is 4.99 Å². The highest BCUT2D eigenvalue weighted by molar-refractivity contribution is 5.41. The largest absolute Gasteiger partial charge is 0.497 e. The fourth-order valence-electron chi connectivity index (χ4n) is 2.88. The van der Waals surface area contributed by atoms with E-state index in [2.05, 4.69) is 50.7 Å². The van der Waals surface area contributed by atoms with E-state index in [0.717, 1.165) is 17.1 Å². The molecule has 0 spiro atoms. The minimum absolute atomic E-state index is 0.371. The highest BCUT2D eigenvalue weighted by Gasteiger charge is 2.16. The number of benzene rings is 1. The van der Waals surface area contributed by atoms with Crippen LogP contribution in [0.15, 0.2) is 29.3 Å². The summed E-state index contributed by atoms with van der Waals surface area (Å²) in [4.78, 5) is 4.91. The van der Waals surface area contributed by atoms with Gasteiger partial charge in [0.1, 0.15) is 5.75 Å². The monoisotopic (exact) mass is 301 g/mol. The van der Waals surface area contributed by atoms with Crippen molar-refractivity contribution in [2.75, 3.05) is 7.11 Å². The first-order valence-electron chi connectivity index (χ1n) is 7.85. The fraction of sp³-hybridized carbons (Fsp3) is 0.500. The van der Waals surface area contributed by atoms with Crippen molar-refractivity contribution in [1.82, 2.24) is 9.13 Å². The fourth-order valence-corrected chi connectivity index (χ4v) is 2.88. The van der Waals surface area contributed by atoms with Crippen molar-refractivity contribution < 1.29 is 4.74 Å². The van der Waals surface area contributed by atoms with Crippen LogP contribution < -0.4 is 10.4 Å². The van der Waals surface area contributed by atoms with Crippen LogP contribution in [-0.2, 0) is 0 Å². The van der Waals surface area contributed by atoms with E-state index in [9.17, 15) is 0 Å². The topological polar surface area (TPSA) is 31.4 Å². The highest BCUT2D eigenvalue weighted by atomic mass is 16.5. The number of hydrogen-bond acceptors (Lipinski definition) is 2. The van der Waals surface area contributed by atoms with E-state index in [1.807, 2.05) is 24.3 Å². The van der Waals surface area contributed by atoms with Gasteiger partial charge in [-0.05, 0) is 65.8 Å². The van der Waals surface area contributed by atoms with Gasteiger partial charge in [-0.25, -0.2) is 4.99 Å². The Balaban J connectivity index is 2.70. The van der Waals surface area contributed by atoms with Crippen LogP contribution in [0, 0.1) is 13.8 Å². The third-order valence-electron chi connectivity index (χ3n) is 4.01. The summed E-state index contributed by atoms with van der Waals surface area (Å²) in [7, 11) is 1.68. The SMILES string of the molecule is COc1ccc(N=c2n(C(C)C)c(C)c(C)n2C(C)C)cc1. The Hall–Kier alpha value is -1.97. The maximum absolute atomic E-state index is 5.21. The summed E-state index contributed by atoms with van der Waals surface area (Å²) in [5.41, 5.74) is 4.49. The molecule has 4 nitrogen and oxygen atoms in total. The molecule has 1 heterocycles. The van der Waals surface area contributed by atoms with E-state index >= 15 is 0 Å². The van der Waals surface area contributed by atoms with Gasteiger partial charge in [0.25, 0.3) is 0 Å². The van der Waals surface area contributed by atoms with E-state index in [4.69, 9.17) is 9.73 Å². The summed E-state index contributed by atoms with van der Waals surface area (Å²) in [6.07, 6.45) is 0. The Morgan fingerprint density at radius 1 is 0.864 bits per heavy atom. The molecule has 22 heavy (non-hydrogen) atoms. The molecule has 1 aromatic heterocycles. The van der Waals surface area contributed by atoms with Gasteiger partial charge >= 0.3 is 0 Å². The van der Waals surface area contributed by atoms with Gasteiger partial charge < -0.3 is 13.9 Å². The molecule has 0 unspecified atom stereocenters. The smallest absolute Gasteiger partial charge is 0.211 e. The van der Waals surface area contributed by atoms with Crippen molar-refractivity contribution >= 4 is 5.69 Å². The lowest BCUT2D eigenvalue weighted by Gasteiger charge is -2.12. The van der Waals surface area contributed by atoms with Gasteiger partial charge in [0.2, 0.25) is 5.62 Å². The molecule has 0 N–H and O–H groups in total. The van der Waals surface area contributed by atoms with Gasteiger partial charge in [-0.3, -0.25) is 0 Å². The normalized spacial score (nSPS) is 11.3. The lowest BCUT2D eigenvalue weighted by molar-refractivity contribution is 0.415. The van der Waals surface area contributed by atoms with E-state index in [1.54, 1.807) is 7.11 Å². The summed E-state index contributed by atoms with van der Waals surface area (Å²) in [6, 6.07) is 8.62. The Kier molecular flexibility index (Phi) is 4.79. The number of nitrogens with zero attached hydrogens (tertiary/aromatic N) is 3. The molecule has 2 rings (SSSR count). The molecule has 1 aromatic carbocycles. The average molecular weight is 301 g/mol. The molecule has 0 fully saturated rings. The van der Waals surface area contributed by atoms with Crippen molar-refractivity contribution in [3.8, 4) is 5.75 Å². The van der Waals surface area contributed by atoms with Crippen LogP contribution in [0.1, 0.15) is 51.2 Å². The Bertz CT molecular complexity index is 669. The molecule has 0 bridgehead atoms. The quantitative estimate of drug-likeness (QED) is 0.828. The lowest BCUT2D eigenvalue weighted by Crippen LogP contribution is -2.29. The van der Waals surface area contributed by atoms with Gasteiger partial charge in [0.15, 0.2) is 0 Å². The molecule has 0 saturated carbocycles. The van der Waals surface area contributed by atoms with E-state index in [-0.39, 0.29) is 0 Å². The highest BCUT2D eigenvalue weighted by Crippen LogP contribution is 2.19. The number of hydrogen-bond donors (Lipinski definition) is 0. The lowest BCUT2D eigenvalue weighted by atomic mass is 10.3. The maximum atomic E-state index is 5.21. The first kappa shape index (κ1) is 16.4. The van der Waals surface area contributed by atoms with Crippen LogP contribution in [0.3, 0.4) is 0 Å². The summed E-state index contributed by atoms with van der Waals surface area (Å²) in [5, 5.41) is 0. The standard InChI is InChI=1S/C18H27N3O/c1-12(2)20-14(5)15(6)21(13(3)4)18(20)19-16-8-10-17(22-7)11-9-16/h8-13H,1-7H3. The van der Waals surface area contributed by atoms with Crippen molar-refractivity contribution in [3.63, 3.8) is 0 Å². The van der Waals surface area contributed by atoms with Crippen LogP contribution in [-0.4, -0.2) is 16.2 Å². The second-order valence-electron chi connectivity index (χ2n) is 6.21. The van der Waals surface area contributed by atoms with Crippen molar-refractivity contribution in [2.45, 2.75) is 53.6 Å². The molecule has 4 heteroatoms. The summed E-state index contributed by atoms with van der Waals surface area (Å²) in [5.74, 6) is 0.849. The molecule has 0 radical (unpaired) electrons. The molecule has 0 aliphatic rings. The van der Waals surface area contributed by atoms with Gasteiger partial charge in [-0.2, -0.15) is 0 Å².